The summed E-state index contributed by atoms with van der Waals surface area (Å²) in [7, 11) is 1.17. The van der Waals surface area contributed by atoms with E-state index in [9.17, 15) is 19.2 Å². The van der Waals surface area contributed by atoms with Crippen molar-refractivity contribution in [3.8, 4) is 0 Å². The van der Waals surface area contributed by atoms with Crippen LogP contribution >= 0.6 is 0 Å². The van der Waals surface area contributed by atoms with Gasteiger partial charge in [0.05, 0.1) is 13.7 Å². The van der Waals surface area contributed by atoms with Crippen LogP contribution < -0.4 is 5.32 Å². The Morgan fingerprint density at radius 3 is 2.55 bits per heavy atom. The van der Waals surface area contributed by atoms with Crippen LogP contribution in [-0.2, 0) is 19.1 Å². The van der Waals surface area contributed by atoms with E-state index in [0.717, 1.165) is 11.6 Å². The molecule has 7 nitrogen and oxygen atoms in total. The van der Waals surface area contributed by atoms with Gasteiger partial charge in [-0.1, -0.05) is 30.3 Å². The summed E-state index contributed by atoms with van der Waals surface area (Å²) in [6.07, 6.45) is 4.14. The molecule has 1 aromatic rings. The third-order valence-electron chi connectivity index (χ3n) is 2.56. The summed E-state index contributed by atoms with van der Waals surface area (Å²) in [6, 6.07) is 8.09. The number of ether oxygens (including phenoxy) is 1. The molecule has 0 bridgehead atoms. The third-order valence-corrected chi connectivity index (χ3v) is 2.56. The largest absolute Gasteiger partial charge is 0.468 e. The quantitative estimate of drug-likeness (QED) is 0.611. The Morgan fingerprint density at radius 1 is 1.27 bits per heavy atom. The number of esters is 1. The molecule has 1 rings (SSSR count). The van der Waals surface area contributed by atoms with Gasteiger partial charge in [0.1, 0.15) is 6.54 Å². The summed E-state index contributed by atoms with van der Waals surface area (Å²) in [4.78, 5) is 45.8. The molecule has 0 saturated carbocycles. The van der Waals surface area contributed by atoms with Gasteiger partial charge < -0.3 is 10.1 Å². The lowest BCUT2D eigenvalue weighted by molar-refractivity contribution is -0.139. The summed E-state index contributed by atoms with van der Waals surface area (Å²) >= 11 is 0. The Morgan fingerprint density at radius 2 is 1.95 bits per heavy atom. The Balaban J connectivity index is 2.70. The highest BCUT2D eigenvalue weighted by Crippen LogP contribution is 2.02. The first kappa shape index (κ1) is 17.1. The first-order valence-electron chi connectivity index (χ1n) is 6.32. The number of urea groups is 1. The number of methoxy groups -OCH3 is 1. The molecule has 0 aliphatic rings. The molecule has 0 aromatic heterocycles. The maximum Gasteiger partial charge on any atom is 0.325 e. The van der Waals surface area contributed by atoms with Crippen LogP contribution in [0.25, 0.3) is 6.08 Å². The minimum absolute atomic E-state index is 0.402. The monoisotopic (exact) mass is 303 g/mol. The summed E-state index contributed by atoms with van der Waals surface area (Å²) in [5, 5.41) is 2.18. The van der Waals surface area contributed by atoms with Gasteiger partial charge in [0.15, 0.2) is 0 Å². The van der Waals surface area contributed by atoms with Crippen molar-refractivity contribution in [2.24, 2.45) is 0 Å². The van der Waals surface area contributed by atoms with Crippen LogP contribution in [0.4, 0.5) is 4.79 Å². The van der Waals surface area contributed by atoms with E-state index < -0.39 is 31.0 Å². The Labute approximate surface area is 127 Å². The van der Waals surface area contributed by atoms with Crippen LogP contribution in [0.5, 0.6) is 0 Å². The summed E-state index contributed by atoms with van der Waals surface area (Å²) in [6.45, 7) is -0.939. The van der Waals surface area contributed by atoms with Crippen molar-refractivity contribution < 1.29 is 23.9 Å². The van der Waals surface area contributed by atoms with Crippen molar-refractivity contribution in [3.63, 3.8) is 0 Å². The maximum absolute atomic E-state index is 11.9. The number of hydrogen-bond donors (Lipinski definition) is 1. The number of hydrogen-bond acceptors (Lipinski definition) is 5. The third kappa shape index (κ3) is 5.58. The number of carbonyl (C=O) groups excluding carboxylic acids is 4. The smallest absolute Gasteiger partial charge is 0.325 e. The Kier molecular flexibility index (Phi) is 7.04. The van der Waals surface area contributed by atoms with Crippen molar-refractivity contribution in [2.45, 2.75) is 0 Å². The molecule has 0 aliphatic carbocycles. The second kappa shape index (κ2) is 9.06. The first-order chi connectivity index (χ1) is 10.6. The number of rotatable bonds is 6. The van der Waals surface area contributed by atoms with Gasteiger partial charge >= 0.3 is 12.0 Å². The molecule has 0 saturated heterocycles. The summed E-state index contributed by atoms with van der Waals surface area (Å²) < 4.78 is 4.36. The van der Waals surface area contributed by atoms with Crippen molar-refractivity contribution in [1.29, 1.82) is 0 Å². The second-order valence-corrected chi connectivity index (χ2v) is 4.05. The van der Waals surface area contributed by atoms with Crippen molar-refractivity contribution in [1.82, 2.24) is 10.2 Å². The van der Waals surface area contributed by atoms with Crippen LogP contribution in [0.15, 0.2) is 36.4 Å². The van der Waals surface area contributed by atoms with E-state index in [1.807, 2.05) is 6.07 Å². The molecular formula is C15H15N2O5. The number of nitrogens with one attached hydrogen (secondary N) is 1. The molecule has 3 amide bonds. The van der Waals surface area contributed by atoms with Gasteiger partial charge in [-0.05, 0) is 11.6 Å². The molecule has 0 spiro atoms. The van der Waals surface area contributed by atoms with Crippen molar-refractivity contribution >= 4 is 30.3 Å². The van der Waals surface area contributed by atoms with Crippen LogP contribution in [0.3, 0.4) is 0 Å². The summed E-state index contributed by atoms with van der Waals surface area (Å²) in [5.41, 5.74) is 0.765. The van der Waals surface area contributed by atoms with E-state index in [1.54, 1.807) is 24.3 Å². The number of carbonyl (C=O) groups is 3. The van der Waals surface area contributed by atoms with E-state index in [4.69, 9.17) is 0 Å². The average Bonchev–Trinajstić information content (AvgIpc) is 2.55. The highest BCUT2D eigenvalue weighted by Gasteiger charge is 2.19. The highest BCUT2D eigenvalue weighted by atomic mass is 16.5. The second-order valence-electron chi connectivity index (χ2n) is 4.05. The van der Waals surface area contributed by atoms with Gasteiger partial charge in [0.2, 0.25) is 6.29 Å². The van der Waals surface area contributed by atoms with Gasteiger partial charge in [0.25, 0.3) is 5.91 Å². The van der Waals surface area contributed by atoms with Crippen LogP contribution in [0.1, 0.15) is 5.56 Å². The van der Waals surface area contributed by atoms with E-state index in [1.165, 1.54) is 19.5 Å². The van der Waals surface area contributed by atoms with Crippen LogP contribution in [-0.4, -0.2) is 49.3 Å². The first-order valence-corrected chi connectivity index (χ1v) is 6.32. The molecule has 7 heteroatoms. The van der Waals surface area contributed by atoms with Gasteiger partial charge in [-0.3, -0.25) is 19.3 Å². The zero-order valence-corrected chi connectivity index (χ0v) is 11.9. The van der Waals surface area contributed by atoms with E-state index in [-0.39, 0.29) is 0 Å². The summed E-state index contributed by atoms with van der Waals surface area (Å²) in [5.74, 6) is -1.37. The Hall–Kier alpha value is -2.96. The minimum Gasteiger partial charge on any atom is -0.468 e. The molecule has 0 heterocycles. The molecule has 0 atom stereocenters. The predicted octanol–water partition coefficient (Wildman–Crippen LogP) is 0.521. The van der Waals surface area contributed by atoms with Gasteiger partial charge in [0, 0.05) is 6.08 Å². The fraction of sp³-hybridized carbons (Fsp3) is 0.200. The molecule has 1 aromatic carbocycles. The lowest BCUT2D eigenvalue weighted by atomic mass is 10.2. The molecule has 0 unspecified atom stereocenters. The van der Waals surface area contributed by atoms with E-state index in [2.05, 4.69) is 10.1 Å². The van der Waals surface area contributed by atoms with Crippen molar-refractivity contribution in [3.05, 3.63) is 42.0 Å². The Bertz CT molecular complexity index is 569. The molecule has 0 aliphatic heterocycles. The molecule has 0 fully saturated rings. The SMILES string of the molecule is COC(=O)CNC(=O)N(C[C]=O)C(=O)/C=C/c1ccccc1. The fourth-order valence-corrected chi connectivity index (χ4v) is 1.45. The number of amides is 3. The fourth-order valence-electron chi connectivity index (χ4n) is 1.45. The molecule has 115 valence electrons. The van der Waals surface area contributed by atoms with Gasteiger partial charge in [-0.15, -0.1) is 0 Å². The molecule has 22 heavy (non-hydrogen) atoms. The average molecular weight is 303 g/mol. The molecule has 1 N–H and O–H groups in total. The van der Waals surface area contributed by atoms with E-state index in [0.29, 0.717) is 4.90 Å². The van der Waals surface area contributed by atoms with E-state index >= 15 is 0 Å². The normalized spacial score (nSPS) is 10.0. The van der Waals surface area contributed by atoms with Crippen LogP contribution in [0, 0.1) is 0 Å². The number of imide groups is 1. The van der Waals surface area contributed by atoms with Crippen LogP contribution in [0.2, 0.25) is 0 Å². The zero-order chi connectivity index (χ0) is 16.4. The number of nitrogens with zero attached hydrogens (tertiary/aromatic N) is 1. The topological polar surface area (TPSA) is 92.8 Å². The minimum atomic E-state index is -0.878. The van der Waals surface area contributed by atoms with Gasteiger partial charge in [-0.25, -0.2) is 4.79 Å². The van der Waals surface area contributed by atoms with Crippen molar-refractivity contribution in [2.75, 3.05) is 20.2 Å². The number of benzene rings is 1. The molecular weight excluding hydrogens is 288 g/mol. The standard InChI is InChI=1S/C15H15N2O5/c1-22-14(20)11-16-15(21)17(9-10-18)13(19)8-7-12-5-3-2-4-6-12/h2-8H,9,11H2,1H3,(H,16,21)/b8-7+. The zero-order valence-electron chi connectivity index (χ0n) is 11.9. The van der Waals surface area contributed by atoms with Gasteiger partial charge in [-0.2, -0.15) is 0 Å². The lowest BCUT2D eigenvalue weighted by Crippen LogP contribution is -2.45. The molecule has 1 radical (unpaired) electrons. The lowest BCUT2D eigenvalue weighted by Gasteiger charge is -2.16. The predicted molar refractivity (Wildman–Crippen MR) is 78.3 cm³/mol. The maximum atomic E-state index is 11.9. The highest BCUT2D eigenvalue weighted by molar-refractivity contribution is 6.04.